The van der Waals surface area contributed by atoms with E-state index in [0.29, 0.717) is 52.7 Å². The van der Waals surface area contributed by atoms with E-state index in [1.54, 1.807) is 36.5 Å². The highest BCUT2D eigenvalue weighted by Crippen LogP contribution is 2.36. The van der Waals surface area contributed by atoms with Gasteiger partial charge in [0.15, 0.2) is 5.82 Å². The number of aromatic nitrogens is 2. The van der Waals surface area contributed by atoms with Gasteiger partial charge in [0.05, 0.1) is 24.9 Å². The van der Waals surface area contributed by atoms with Crippen molar-refractivity contribution in [2.75, 3.05) is 25.5 Å². The summed E-state index contributed by atoms with van der Waals surface area (Å²) < 4.78 is 7.41. The fourth-order valence-electron chi connectivity index (χ4n) is 4.15. The summed E-state index contributed by atoms with van der Waals surface area (Å²) in [4.78, 5) is 17.5. The van der Waals surface area contributed by atoms with Crippen LogP contribution in [0.25, 0.3) is 11.3 Å². The van der Waals surface area contributed by atoms with Gasteiger partial charge in [-0.05, 0) is 43.7 Å². The topological polar surface area (TPSA) is 95.8 Å². The number of anilines is 1. The maximum absolute atomic E-state index is 13.2. The molecule has 1 fully saturated rings. The first-order valence-corrected chi connectivity index (χ1v) is 10.9. The molecule has 32 heavy (non-hydrogen) atoms. The largest absolute Gasteiger partial charge is 0.496 e. The Bertz CT molecular complexity index is 1130. The van der Waals surface area contributed by atoms with E-state index in [0.717, 1.165) is 24.9 Å². The van der Waals surface area contributed by atoms with Crippen molar-refractivity contribution < 1.29 is 9.53 Å². The Morgan fingerprint density at radius 1 is 1.41 bits per heavy atom. The zero-order valence-corrected chi connectivity index (χ0v) is 18.4. The van der Waals surface area contributed by atoms with Gasteiger partial charge in [-0.15, -0.1) is 0 Å². The third-order valence-electron chi connectivity index (χ3n) is 5.71. The number of carbonyl (C=O) groups excluding carboxylic acids is 1. The number of nitrogens with zero attached hydrogens (tertiary/aromatic N) is 4. The molecule has 5 rings (SSSR count). The van der Waals surface area contributed by atoms with E-state index in [1.165, 1.54) is 0 Å². The fraction of sp³-hybridized carbons (Fsp3) is 0.318. The van der Waals surface area contributed by atoms with E-state index in [9.17, 15) is 4.79 Å². The number of aliphatic imine (C=N–C) groups is 1. The van der Waals surface area contributed by atoms with Crippen LogP contribution in [0.15, 0.2) is 53.1 Å². The lowest BCUT2D eigenvalue weighted by Gasteiger charge is -2.15. The molecule has 0 radical (unpaired) electrons. The van der Waals surface area contributed by atoms with Crippen molar-refractivity contribution in [2.45, 2.75) is 25.4 Å². The quantitative estimate of drug-likeness (QED) is 0.622. The highest BCUT2D eigenvalue weighted by Gasteiger charge is 2.28. The van der Waals surface area contributed by atoms with Crippen LogP contribution in [0.2, 0.25) is 5.02 Å². The van der Waals surface area contributed by atoms with E-state index < -0.39 is 0 Å². The number of benzene rings is 1. The average Bonchev–Trinajstić information content (AvgIpc) is 3.54. The molecule has 1 saturated heterocycles. The minimum atomic E-state index is -0.233. The van der Waals surface area contributed by atoms with Crippen LogP contribution in [0.1, 0.15) is 12.8 Å². The van der Waals surface area contributed by atoms with Crippen molar-refractivity contribution in [3.8, 4) is 17.0 Å². The zero-order valence-electron chi connectivity index (χ0n) is 17.6. The van der Waals surface area contributed by atoms with Gasteiger partial charge < -0.3 is 15.4 Å². The number of nitrogens with one attached hydrogen (secondary N) is 3. The summed E-state index contributed by atoms with van der Waals surface area (Å²) in [6.07, 6.45) is 9.42. The maximum atomic E-state index is 13.2. The molecular weight excluding hydrogens is 430 g/mol. The molecule has 1 atom stereocenters. The molecule has 0 bridgehead atoms. The smallest absolute Gasteiger partial charge is 0.256 e. The van der Waals surface area contributed by atoms with Crippen molar-refractivity contribution in [3.63, 3.8) is 0 Å². The molecule has 1 unspecified atom stereocenters. The van der Waals surface area contributed by atoms with E-state index in [1.807, 2.05) is 23.2 Å². The zero-order chi connectivity index (χ0) is 22.1. The highest BCUT2D eigenvalue weighted by molar-refractivity contribution is 6.31. The van der Waals surface area contributed by atoms with E-state index in [-0.39, 0.29) is 5.91 Å². The number of amides is 1. The molecule has 0 aliphatic carbocycles. The van der Waals surface area contributed by atoms with Crippen LogP contribution in [0.5, 0.6) is 5.75 Å². The fourth-order valence-corrected chi connectivity index (χ4v) is 4.33. The summed E-state index contributed by atoms with van der Waals surface area (Å²) >= 11 is 6.28. The lowest BCUT2D eigenvalue weighted by atomic mass is 10.1. The summed E-state index contributed by atoms with van der Waals surface area (Å²) in [5.41, 5.74) is 5.61. The van der Waals surface area contributed by atoms with Crippen LogP contribution in [-0.4, -0.2) is 53.2 Å². The van der Waals surface area contributed by atoms with E-state index in [2.05, 4.69) is 21.1 Å². The number of hydrazine groups is 1. The standard InChI is InChI=1S/C22H24ClN7O2/c1-32-19-6-5-14(23)10-16(19)20-18(13-29(28-20)12-15-4-2-7-24-15)27-22(31)17-11-26-30-9-3-8-25-21(17)30/h3,5-6,8-10,13,15,24,26H,2,4,7,11-12H2,1H3,(H,27,31). The van der Waals surface area contributed by atoms with E-state index in [4.69, 9.17) is 21.4 Å². The summed E-state index contributed by atoms with van der Waals surface area (Å²) in [6, 6.07) is 5.72. The minimum absolute atomic E-state index is 0.233. The van der Waals surface area contributed by atoms with Gasteiger partial charge in [0.1, 0.15) is 11.4 Å². The number of carbonyl (C=O) groups is 1. The summed E-state index contributed by atoms with van der Waals surface area (Å²) in [6.45, 7) is 2.11. The van der Waals surface area contributed by atoms with Gasteiger partial charge in [-0.1, -0.05) is 11.6 Å². The van der Waals surface area contributed by atoms with Crippen LogP contribution < -0.4 is 20.8 Å². The Morgan fingerprint density at radius 3 is 3.12 bits per heavy atom. The predicted molar refractivity (Wildman–Crippen MR) is 123 cm³/mol. The van der Waals surface area contributed by atoms with Crippen molar-refractivity contribution in [2.24, 2.45) is 4.99 Å². The van der Waals surface area contributed by atoms with Gasteiger partial charge in [-0.2, -0.15) is 5.10 Å². The molecular formula is C22H24ClN7O2. The summed E-state index contributed by atoms with van der Waals surface area (Å²) in [7, 11) is 1.60. The van der Waals surface area contributed by atoms with Gasteiger partial charge in [0.2, 0.25) is 0 Å². The number of fused-ring (bicyclic) bond motifs is 1. The van der Waals surface area contributed by atoms with Crippen LogP contribution in [0, 0.1) is 0 Å². The molecule has 0 saturated carbocycles. The highest BCUT2D eigenvalue weighted by atomic mass is 35.5. The molecule has 3 aliphatic heterocycles. The molecule has 0 spiro atoms. The van der Waals surface area contributed by atoms with Gasteiger partial charge in [-0.3, -0.25) is 14.5 Å². The SMILES string of the molecule is COc1ccc(Cl)cc1-c1nn(CC2CCCN2)cc1NC(=O)C1=C2N=CC=CN2NC1. The number of halogens is 1. The molecule has 2 aromatic rings. The Morgan fingerprint density at radius 2 is 2.31 bits per heavy atom. The van der Waals surface area contributed by atoms with Crippen LogP contribution >= 0.6 is 11.6 Å². The molecule has 9 nitrogen and oxygen atoms in total. The van der Waals surface area contributed by atoms with Crippen molar-refractivity contribution >= 4 is 29.4 Å². The van der Waals surface area contributed by atoms with Crippen LogP contribution in [0.3, 0.4) is 0 Å². The van der Waals surface area contributed by atoms with Crippen molar-refractivity contribution in [3.05, 3.63) is 53.1 Å². The Labute approximate surface area is 190 Å². The van der Waals surface area contributed by atoms with Crippen molar-refractivity contribution in [1.29, 1.82) is 0 Å². The van der Waals surface area contributed by atoms with Gasteiger partial charge in [0, 0.05) is 41.8 Å². The minimum Gasteiger partial charge on any atom is -0.496 e. The van der Waals surface area contributed by atoms with Crippen LogP contribution in [0.4, 0.5) is 5.69 Å². The monoisotopic (exact) mass is 453 g/mol. The Kier molecular flexibility index (Phi) is 5.69. The molecule has 1 aromatic heterocycles. The second-order valence-electron chi connectivity index (χ2n) is 7.83. The number of rotatable bonds is 6. The number of hydrogen-bond donors (Lipinski definition) is 3. The molecule has 3 N–H and O–H groups in total. The second-order valence-corrected chi connectivity index (χ2v) is 8.27. The first kappa shape index (κ1) is 20.7. The molecule has 3 aliphatic rings. The lowest BCUT2D eigenvalue weighted by molar-refractivity contribution is -0.112. The number of methoxy groups -OCH3 is 1. The molecule has 10 heteroatoms. The van der Waals surface area contributed by atoms with Crippen molar-refractivity contribution in [1.82, 2.24) is 25.5 Å². The van der Waals surface area contributed by atoms with E-state index >= 15 is 0 Å². The molecule has 1 amide bonds. The van der Waals surface area contributed by atoms with Gasteiger partial charge in [0.25, 0.3) is 5.91 Å². The third-order valence-corrected chi connectivity index (χ3v) is 5.95. The summed E-state index contributed by atoms with van der Waals surface area (Å²) in [5, 5.41) is 13.6. The molecule has 166 valence electrons. The number of ether oxygens (including phenoxy) is 1. The van der Waals surface area contributed by atoms with Gasteiger partial charge >= 0.3 is 0 Å². The number of hydrogen-bond acceptors (Lipinski definition) is 7. The second kappa shape index (κ2) is 8.78. The average molecular weight is 454 g/mol. The first-order chi connectivity index (χ1) is 15.6. The third kappa shape index (κ3) is 4.02. The Balaban J connectivity index is 1.50. The van der Waals surface area contributed by atoms with Crippen LogP contribution in [-0.2, 0) is 11.3 Å². The maximum Gasteiger partial charge on any atom is 0.256 e. The number of allylic oxidation sites excluding steroid dienone is 1. The normalized spacial score (nSPS) is 19.6. The molecule has 1 aromatic carbocycles. The van der Waals surface area contributed by atoms with Gasteiger partial charge in [-0.25, -0.2) is 10.4 Å². The summed E-state index contributed by atoms with van der Waals surface area (Å²) in [5.74, 6) is 0.990. The Hall–Kier alpha value is -3.14. The lowest BCUT2D eigenvalue weighted by Crippen LogP contribution is -2.27. The molecule has 4 heterocycles. The first-order valence-electron chi connectivity index (χ1n) is 10.5. The predicted octanol–water partition coefficient (Wildman–Crippen LogP) is 2.53.